The van der Waals surface area contributed by atoms with Crippen LogP contribution in [0.5, 0.6) is 5.75 Å². The highest BCUT2D eigenvalue weighted by Gasteiger charge is 2.37. The topological polar surface area (TPSA) is 54.9 Å². The molecule has 160 valence electrons. The van der Waals surface area contributed by atoms with Crippen LogP contribution >= 0.6 is 35.3 Å². The van der Waals surface area contributed by atoms with E-state index in [-0.39, 0.29) is 29.4 Å². The monoisotopic (exact) mass is 529 g/mol. The SMILES string of the molecule is CN=C(NCCc1cccs1)NCC1(c2cc(C)ccc2OC)CCOCC1.I. The summed E-state index contributed by atoms with van der Waals surface area (Å²) >= 11 is 1.79. The molecular formula is C22H32IN3O2S. The van der Waals surface area contributed by atoms with Gasteiger partial charge in [0.05, 0.1) is 7.11 Å². The van der Waals surface area contributed by atoms with Crippen LogP contribution in [0.3, 0.4) is 0 Å². The number of thiophene rings is 1. The number of nitrogens with one attached hydrogen (secondary N) is 2. The summed E-state index contributed by atoms with van der Waals surface area (Å²) in [6.45, 7) is 5.33. The molecular weight excluding hydrogens is 497 g/mol. The first-order valence-corrected chi connectivity index (χ1v) is 10.7. The second-order valence-corrected chi connectivity index (χ2v) is 8.31. The Morgan fingerprint density at radius 2 is 2.03 bits per heavy atom. The van der Waals surface area contributed by atoms with Gasteiger partial charge in [0, 0.05) is 49.2 Å². The molecule has 2 aromatic rings. The highest BCUT2D eigenvalue weighted by molar-refractivity contribution is 14.0. The third-order valence-electron chi connectivity index (χ3n) is 5.44. The maximum absolute atomic E-state index is 5.70. The van der Waals surface area contributed by atoms with Crippen molar-refractivity contribution < 1.29 is 9.47 Å². The number of hydrogen-bond acceptors (Lipinski definition) is 4. The van der Waals surface area contributed by atoms with Crippen molar-refractivity contribution in [3.05, 3.63) is 51.7 Å². The summed E-state index contributed by atoms with van der Waals surface area (Å²) in [6, 6.07) is 10.7. The van der Waals surface area contributed by atoms with E-state index in [1.807, 2.05) is 7.05 Å². The Bertz CT molecular complexity index is 774. The highest BCUT2D eigenvalue weighted by atomic mass is 127. The number of nitrogens with zero attached hydrogens (tertiary/aromatic N) is 1. The number of halogens is 1. The zero-order valence-corrected chi connectivity index (χ0v) is 20.6. The van der Waals surface area contributed by atoms with Crippen LogP contribution in [0.4, 0.5) is 0 Å². The van der Waals surface area contributed by atoms with E-state index < -0.39 is 0 Å². The first-order valence-electron chi connectivity index (χ1n) is 9.87. The summed E-state index contributed by atoms with van der Waals surface area (Å²) in [5.41, 5.74) is 2.49. The molecule has 2 heterocycles. The van der Waals surface area contributed by atoms with Crippen molar-refractivity contribution in [3.63, 3.8) is 0 Å². The fourth-order valence-electron chi connectivity index (χ4n) is 3.77. The van der Waals surface area contributed by atoms with Gasteiger partial charge in [-0.1, -0.05) is 23.8 Å². The average molecular weight is 529 g/mol. The molecule has 0 bridgehead atoms. The van der Waals surface area contributed by atoms with Crippen LogP contribution in [0.15, 0.2) is 40.7 Å². The molecule has 3 rings (SSSR count). The Labute approximate surface area is 195 Å². The Hall–Kier alpha value is -1.32. The number of guanidine groups is 1. The summed E-state index contributed by atoms with van der Waals surface area (Å²) in [6.07, 6.45) is 2.93. The van der Waals surface area contributed by atoms with Crippen LogP contribution in [-0.2, 0) is 16.6 Å². The smallest absolute Gasteiger partial charge is 0.191 e. The van der Waals surface area contributed by atoms with E-state index >= 15 is 0 Å². The lowest BCUT2D eigenvalue weighted by Crippen LogP contribution is -2.48. The number of methoxy groups -OCH3 is 1. The van der Waals surface area contributed by atoms with Gasteiger partial charge in [0.1, 0.15) is 5.75 Å². The van der Waals surface area contributed by atoms with Crippen molar-refractivity contribution >= 4 is 41.3 Å². The summed E-state index contributed by atoms with van der Waals surface area (Å²) in [5, 5.41) is 9.12. The van der Waals surface area contributed by atoms with E-state index in [0.717, 1.165) is 57.3 Å². The lowest BCUT2D eigenvalue weighted by Gasteiger charge is -2.39. The molecule has 0 spiro atoms. The van der Waals surface area contributed by atoms with Crippen molar-refractivity contribution in [1.29, 1.82) is 0 Å². The van der Waals surface area contributed by atoms with Crippen LogP contribution in [0.1, 0.15) is 28.8 Å². The Morgan fingerprint density at radius 1 is 1.24 bits per heavy atom. The number of hydrogen-bond donors (Lipinski definition) is 2. The molecule has 0 atom stereocenters. The summed E-state index contributed by atoms with van der Waals surface area (Å²) < 4.78 is 11.4. The van der Waals surface area contributed by atoms with Gasteiger partial charge in [-0.25, -0.2) is 0 Å². The van der Waals surface area contributed by atoms with Crippen LogP contribution in [0.25, 0.3) is 0 Å². The van der Waals surface area contributed by atoms with Gasteiger partial charge in [0.2, 0.25) is 0 Å². The van der Waals surface area contributed by atoms with Gasteiger partial charge in [-0.3, -0.25) is 4.99 Å². The molecule has 1 aliphatic heterocycles. The molecule has 1 fully saturated rings. The van der Waals surface area contributed by atoms with Gasteiger partial charge in [0.25, 0.3) is 0 Å². The van der Waals surface area contributed by atoms with Crippen LogP contribution in [-0.4, -0.2) is 46.4 Å². The lowest BCUT2D eigenvalue weighted by molar-refractivity contribution is 0.0505. The molecule has 0 amide bonds. The minimum atomic E-state index is -0.0268. The molecule has 0 aliphatic carbocycles. The molecule has 1 saturated heterocycles. The van der Waals surface area contributed by atoms with Gasteiger partial charge in [-0.2, -0.15) is 0 Å². The van der Waals surface area contributed by atoms with Crippen molar-refractivity contribution in [2.45, 2.75) is 31.6 Å². The average Bonchev–Trinajstić information content (AvgIpc) is 3.24. The van der Waals surface area contributed by atoms with Crippen LogP contribution in [0, 0.1) is 6.92 Å². The van der Waals surface area contributed by atoms with Gasteiger partial charge in [0.15, 0.2) is 5.96 Å². The van der Waals surface area contributed by atoms with E-state index in [9.17, 15) is 0 Å². The minimum absolute atomic E-state index is 0. The number of ether oxygens (including phenoxy) is 2. The van der Waals surface area contributed by atoms with Crippen molar-refractivity contribution in [2.24, 2.45) is 4.99 Å². The zero-order chi connectivity index (χ0) is 19.8. The Morgan fingerprint density at radius 3 is 2.69 bits per heavy atom. The maximum atomic E-state index is 5.70. The molecule has 29 heavy (non-hydrogen) atoms. The molecule has 1 aliphatic rings. The van der Waals surface area contributed by atoms with Crippen molar-refractivity contribution in [2.75, 3.05) is 40.5 Å². The molecule has 1 aromatic carbocycles. The largest absolute Gasteiger partial charge is 0.496 e. The second kappa shape index (κ2) is 11.8. The van der Waals surface area contributed by atoms with Gasteiger partial charge < -0.3 is 20.1 Å². The molecule has 0 radical (unpaired) electrons. The van der Waals surface area contributed by atoms with Crippen molar-refractivity contribution in [1.82, 2.24) is 10.6 Å². The van der Waals surface area contributed by atoms with Crippen LogP contribution < -0.4 is 15.4 Å². The standard InChI is InChI=1S/C22H31N3O2S.HI/c1-17-6-7-20(26-3)19(15-17)22(9-12-27-13-10-22)16-25-21(23-2)24-11-8-18-5-4-14-28-18;/h4-7,14-15H,8-13,16H2,1-3H3,(H2,23,24,25);1H. The van der Waals surface area contributed by atoms with E-state index in [0.29, 0.717) is 0 Å². The fourth-order valence-corrected chi connectivity index (χ4v) is 4.48. The second-order valence-electron chi connectivity index (χ2n) is 7.28. The number of aliphatic imine (C=N–C) groups is 1. The quantitative estimate of drug-likeness (QED) is 0.322. The highest BCUT2D eigenvalue weighted by Crippen LogP contribution is 2.40. The third-order valence-corrected chi connectivity index (χ3v) is 6.37. The van der Waals surface area contributed by atoms with E-state index in [1.165, 1.54) is 16.0 Å². The van der Waals surface area contributed by atoms with E-state index in [4.69, 9.17) is 9.47 Å². The Balaban J connectivity index is 0.00000300. The fraction of sp³-hybridized carbons (Fsp3) is 0.500. The number of rotatable bonds is 7. The summed E-state index contributed by atoms with van der Waals surface area (Å²) in [5.74, 6) is 1.80. The normalized spacial score (nSPS) is 16.0. The molecule has 2 N–H and O–H groups in total. The Kier molecular flexibility index (Phi) is 9.71. The van der Waals surface area contributed by atoms with Gasteiger partial charge in [-0.05, 0) is 43.7 Å². The summed E-state index contributed by atoms with van der Waals surface area (Å²) in [7, 11) is 3.57. The predicted octanol–water partition coefficient (Wildman–Crippen LogP) is 4.14. The predicted molar refractivity (Wildman–Crippen MR) is 132 cm³/mol. The van der Waals surface area contributed by atoms with Gasteiger partial charge >= 0.3 is 0 Å². The van der Waals surface area contributed by atoms with Crippen LogP contribution in [0.2, 0.25) is 0 Å². The third kappa shape index (κ3) is 6.33. The number of aryl methyl sites for hydroxylation is 1. The van der Waals surface area contributed by atoms with Gasteiger partial charge in [-0.15, -0.1) is 35.3 Å². The van der Waals surface area contributed by atoms with E-state index in [2.05, 4.69) is 58.3 Å². The summed E-state index contributed by atoms with van der Waals surface area (Å²) in [4.78, 5) is 5.79. The lowest BCUT2D eigenvalue weighted by atomic mass is 9.73. The molecule has 0 unspecified atom stereocenters. The van der Waals surface area contributed by atoms with E-state index in [1.54, 1.807) is 18.4 Å². The molecule has 5 nitrogen and oxygen atoms in total. The zero-order valence-electron chi connectivity index (χ0n) is 17.5. The minimum Gasteiger partial charge on any atom is -0.496 e. The molecule has 1 aromatic heterocycles. The molecule has 0 saturated carbocycles. The first-order chi connectivity index (χ1) is 13.7. The first kappa shape index (κ1) is 24.0. The van der Waals surface area contributed by atoms with Crippen molar-refractivity contribution in [3.8, 4) is 5.75 Å². The molecule has 7 heteroatoms. The maximum Gasteiger partial charge on any atom is 0.191 e. The number of benzene rings is 1.